The predicted octanol–water partition coefficient (Wildman–Crippen LogP) is 6.78. The smallest absolute Gasteiger partial charge is 0.343 e. The van der Waals surface area contributed by atoms with Gasteiger partial charge in [-0.05, 0) is 30.7 Å². The van der Waals surface area contributed by atoms with E-state index in [1.807, 2.05) is 6.92 Å². The first-order valence-electron chi connectivity index (χ1n) is 13.2. The van der Waals surface area contributed by atoms with Gasteiger partial charge in [-0.25, -0.2) is 9.59 Å². The van der Waals surface area contributed by atoms with Gasteiger partial charge in [0.25, 0.3) is 0 Å². The number of phenols is 2. The Labute approximate surface area is 247 Å². The first-order chi connectivity index (χ1) is 20.3. The monoisotopic (exact) mass is 586 g/mol. The van der Waals surface area contributed by atoms with Gasteiger partial charge in [-0.2, -0.15) is 0 Å². The molecule has 9 heteroatoms. The molecule has 0 fully saturated rings. The van der Waals surface area contributed by atoms with E-state index in [4.69, 9.17) is 21.1 Å². The van der Waals surface area contributed by atoms with Crippen molar-refractivity contribution >= 4 is 35.1 Å². The Morgan fingerprint density at radius 1 is 0.667 bits per heavy atom. The second kappa shape index (κ2) is 13.6. The molecule has 0 radical (unpaired) electrons. The maximum absolute atomic E-state index is 14.1. The fourth-order valence-corrected chi connectivity index (χ4v) is 4.49. The molecule has 0 amide bonds. The van der Waals surface area contributed by atoms with E-state index in [1.165, 1.54) is 42.5 Å². The predicted molar refractivity (Wildman–Crippen MR) is 156 cm³/mol. The Morgan fingerprint density at radius 3 is 1.88 bits per heavy atom. The summed E-state index contributed by atoms with van der Waals surface area (Å²) in [5.74, 6) is -6.92. The molecule has 0 aliphatic rings. The molecule has 0 atom stereocenters. The van der Waals surface area contributed by atoms with Crippen LogP contribution in [0.25, 0.3) is 0 Å². The van der Waals surface area contributed by atoms with Crippen molar-refractivity contribution in [3.63, 3.8) is 0 Å². The van der Waals surface area contributed by atoms with Crippen molar-refractivity contribution in [2.45, 2.75) is 26.2 Å². The zero-order valence-corrected chi connectivity index (χ0v) is 23.4. The number of hydrogen-bond acceptors (Lipinski definition) is 8. The molecule has 8 nitrogen and oxygen atoms in total. The highest BCUT2D eigenvalue weighted by atomic mass is 35.5. The highest BCUT2D eigenvalue weighted by Gasteiger charge is 2.38. The molecule has 0 spiro atoms. The number of hydrogen-bond donors (Lipinski definition) is 2. The number of ether oxygens (including phenoxy) is 2. The molecule has 4 aromatic carbocycles. The quantitative estimate of drug-likeness (QED) is 0.0647. The van der Waals surface area contributed by atoms with Gasteiger partial charge in [0.15, 0.2) is 23.1 Å². The lowest BCUT2D eigenvalue weighted by Gasteiger charge is -2.20. The number of benzene rings is 4. The molecule has 42 heavy (non-hydrogen) atoms. The number of ketones is 2. The van der Waals surface area contributed by atoms with E-state index < -0.39 is 57.4 Å². The van der Waals surface area contributed by atoms with Gasteiger partial charge in [0.05, 0.1) is 33.9 Å². The normalized spacial score (nSPS) is 10.6. The number of carbonyl (C=O) groups excluding carboxylic acids is 4. The van der Waals surface area contributed by atoms with E-state index in [-0.39, 0.29) is 28.3 Å². The molecule has 0 aliphatic heterocycles. The van der Waals surface area contributed by atoms with Crippen molar-refractivity contribution in [1.82, 2.24) is 0 Å². The van der Waals surface area contributed by atoms with Crippen LogP contribution >= 0.6 is 11.6 Å². The summed E-state index contributed by atoms with van der Waals surface area (Å²) < 4.78 is 10.9. The second-order valence-corrected chi connectivity index (χ2v) is 9.66. The average Bonchev–Trinajstić information content (AvgIpc) is 3.01. The van der Waals surface area contributed by atoms with E-state index in [2.05, 4.69) is 0 Å². The fourth-order valence-electron chi connectivity index (χ4n) is 4.27. The van der Waals surface area contributed by atoms with Crippen LogP contribution in [0, 0.1) is 0 Å². The lowest BCUT2D eigenvalue weighted by atomic mass is 9.88. The molecule has 4 rings (SSSR count). The molecule has 4 aromatic rings. The number of phenolic OH excluding ortho intramolecular Hbond substituents is 2. The van der Waals surface area contributed by atoms with Crippen molar-refractivity contribution < 1.29 is 38.9 Å². The molecule has 0 heterocycles. The van der Waals surface area contributed by atoms with Crippen LogP contribution in [0.1, 0.15) is 78.7 Å². The van der Waals surface area contributed by atoms with Crippen molar-refractivity contribution in [3.05, 3.63) is 123 Å². The summed E-state index contributed by atoms with van der Waals surface area (Å²) in [5.41, 5.74) is -2.02. The lowest BCUT2D eigenvalue weighted by molar-refractivity contribution is 0.0489. The highest BCUT2D eigenvalue weighted by molar-refractivity contribution is 6.36. The van der Waals surface area contributed by atoms with Gasteiger partial charge in [-0.1, -0.05) is 92.0 Å². The fraction of sp³-hybridized carbons (Fsp3) is 0.152. The summed E-state index contributed by atoms with van der Waals surface area (Å²) in [6, 6.07) is 21.3. The zero-order valence-electron chi connectivity index (χ0n) is 22.6. The maximum atomic E-state index is 14.1. The summed E-state index contributed by atoms with van der Waals surface area (Å²) in [6.07, 6.45) is 2.08. The number of aromatic hydroxyl groups is 2. The number of carbonyl (C=O) groups is 4. The number of esters is 2. The molecule has 0 saturated heterocycles. The zero-order chi connectivity index (χ0) is 30.2. The van der Waals surface area contributed by atoms with Gasteiger partial charge in [0, 0.05) is 11.1 Å². The molecular weight excluding hydrogens is 560 g/mol. The lowest BCUT2D eigenvalue weighted by Crippen LogP contribution is -2.22. The van der Waals surface area contributed by atoms with Crippen LogP contribution in [-0.4, -0.2) is 40.3 Å². The van der Waals surface area contributed by atoms with Crippen LogP contribution in [0.4, 0.5) is 0 Å². The molecule has 0 aliphatic carbocycles. The van der Waals surface area contributed by atoms with Crippen molar-refractivity contribution in [1.29, 1.82) is 0 Å². The van der Waals surface area contributed by atoms with Gasteiger partial charge in [0.2, 0.25) is 5.75 Å². The average molecular weight is 587 g/mol. The molecule has 0 saturated carbocycles. The minimum atomic E-state index is -1.13. The number of halogens is 1. The minimum absolute atomic E-state index is 0.00593. The Bertz CT molecular complexity index is 1630. The van der Waals surface area contributed by atoms with Crippen molar-refractivity contribution in [2.24, 2.45) is 0 Å². The van der Waals surface area contributed by atoms with Crippen LogP contribution in [0.3, 0.4) is 0 Å². The third-order valence-corrected chi connectivity index (χ3v) is 6.73. The third-order valence-electron chi connectivity index (χ3n) is 6.40. The Morgan fingerprint density at radius 2 is 1.26 bits per heavy atom. The first-order valence-corrected chi connectivity index (χ1v) is 13.6. The van der Waals surface area contributed by atoms with Gasteiger partial charge in [-0.15, -0.1) is 0 Å². The second-order valence-electron chi connectivity index (χ2n) is 9.25. The highest BCUT2D eigenvalue weighted by Crippen LogP contribution is 2.46. The number of rotatable bonds is 11. The Kier molecular flexibility index (Phi) is 9.73. The van der Waals surface area contributed by atoms with Crippen LogP contribution in [0.15, 0.2) is 84.9 Å². The van der Waals surface area contributed by atoms with Gasteiger partial charge < -0.3 is 19.7 Å². The summed E-state index contributed by atoms with van der Waals surface area (Å²) in [7, 11) is 0. The molecule has 0 bridgehead atoms. The largest absolute Gasteiger partial charge is 0.504 e. The first kappa shape index (κ1) is 30.0. The summed E-state index contributed by atoms with van der Waals surface area (Å²) in [5, 5.41) is 22.3. The third kappa shape index (κ3) is 6.34. The van der Waals surface area contributed by atoms with Crippen LogP contribution in [0.5, 0.6) is 17.2 Å². The molecule has 2 N–H and O–H groups in total. The van der Waals surface area contributed by atoms with Crippen molar-refractivity contribution in [3.8, 4) is 17.2 Å². The standard InChI is InChI=1S/C33H27ClO8/c1-2-3-12-19-41-33(40)24-25(27(35)20-13-6-4-7-14-20)29(37)30(38)31(42-32(39)21-15-8-5-9-16-21)26(24)28(36)22-17-10-11-18-23(22)34/h4-11,13-18,37-38H,2-3,12,19H2,1H3. The summed E-state index contributed by atoms with van der Waals surface area (Å²) in [4.78, 5) is 54.6. The van der Waals surface area contributed by atoms with E-state index in [0.717, 1.165) is 12.8 Å². The Balaban J connectivity index is 2.02. The topological polar surface area (TPSA) is 127 Å². The summed E-state index contributed by atoms with van der Waals surface area (Å²) >= 11 is 6.32. The maximum Gasteiger partial charge on any atom is 0.343 e. The number of unbranched alkanes of at least 4 members (excludes halogenated alkanes) is 2. The van der Waals surface area contributed by atoms with E-state index in [0.29, 0.717) is 6.42 Å². The van der Waals surface area contributed by atoms with Gasteiger partial charge in [0.1, 0.15) is 0 Å². The molecule has 214 valence electrons. The molecular formula is C33H27ClO8. The molecule has 0 unspecified atom stereocenters. The van der Waals surface area contributed by atoms with Gasteiger partial charge >= 0.3 is 11.9 Å². The minimum Gasteiger partial charge on any atom is -0.504 e. The SMILES string of the molecule is CCCCCOC(=O)c1c(C(=O)c2ccccc2)c(O)c(O)c(OC(=O)c2ccccc2)c1C(=O)c1ccccc1Cl. The molecule has 0 aromatic heterocycles. The van der Waals surface area contributed by atoms with E-state index >= 15 is 0 Å². The van der Waals surface area contributed by atoms with Crippen LogP contribution in [0.2, 0.25) is 5.02 Å². The van der Waals surface area contributed by atoms with Crippen molar-refractivity contribution in [2.75, 3.05) is 6.61 Å². The van der Waals surface area contributed by atoms with Crippen LogP contribution < -0.4 is 4.74 Å². The van der Waals surface area contributed by atoms with Crippen LogP contribution in [-0.2, 0) is 4.74 Å². The van der Waals surface area contributed by atoms with Gasteiger partial charge in [-0.3, -0.25) is 9.59 Å². The summed E-state index contributed by atoms with van der Waals surface area (Å²) in [6.45, 7) is 1.91. The van der Waals surface area contributed by atoms with E-state index in [9.17, 15) is 29.4 Å². The Hall–Kier alpha value is -4.95. The van der Waals surface area contributed by atoms with E-state index in [1.54, 1.807) is 42.5 Å².